The lowest BCUT2D eigenvalue weighted by molar-refractivity contribution is -0.132. The molecule has 1 heterocycles. The first-order valence-corrected chi connectivity index (χ1v) is 5.87. The maximum absolute atomic E-state index is 12.1. The predicted octanol–water partition coefficient (Wildman–Crippen LogP) is 1.23. The molecule has 2 rings (SSSR count). The summed E-state index contributed by atoms with van der Waals surface area (Å²) >= 11 is 0. The van der Waals surface area contributed by atoms with Crippen LogP contribution in [0.15, 0.2) is 0 Å². The van der Waals surface area contributed by atoms with Gasteiger partial charge in [-0.05, 0) is 30.2 Å². The van der Waals surface area contributed by atoms with Gasteiger partial charge in [0.25, 0.3) is 0 Å². The summed E-state index contributed by atoms with van der Waals surface area (Å²) in [7, 11) is 0. The average molecular weight is 210 g/mol. The third-order valence-electron chi connectivity index (χ3n) is 4.17. The van der Waals surface area contributed by atoms with Crippen LogP contribution in [0.2, 0.25) is 0 Å². The third kappa shape index (κ3) is 1.89. The molecule has 0 spiro atoms. The summed E-state index contributed by atoms with van der Waals surface area (Å²) in [5, 5.41) is 0. The summed E-state index contributed by atoms with van der Waals surface area (Å²) in [6.07, 6.45) is 2.12. The Morgan fingerprint density at radius 3 is 2.47 bits per heavy atom. The number of hydrogen-bond acceptors (Lipinski definition) is 2. The Morgan fingerprint density at radius 2 is 2.07 bits per heavy atom. The molecule has 0 radical (unpaired) electrons. The Labute approximate surface area is 92.0 Å². The van der Waals surface area contributed by atoms with E-state index in [1.807, 2.05) is 4.90 Å². The Hall–Kier alpha value is -0.570. The molecule has 86 valence electrons. The molecule has 0 aromatic heterocycles. The van der Waals surface area contributed by atoms with Crippen molar-refractivity contribution in [3.8, 4) is 0 Å². The lowest BCUT2D eigenvalue weighted by Crippen LogP contribution is -2.35. The second-order valence-corrected chi connectivity index (χ2v) is 6.27. The van der Waals surface area contributed by atoms with Crippen LogP contribution in [-0.2, 0) is 4.79 Å². The molecular formula is C12H22N2O. The van der Waals surface area contributed by atoms with E-state index in [9.17, 15) is 4.79 Å². The van der Waals surface area contributed by atoms with E-state index in [1.165, 1.54) is 0 Å². The van der Waals surface area contributed by atoms with Crippen LogP contribution >= 0.6 is 0 Å². The van der Waals surface area contributed by atoms with Crippen molar-refractivity contribution in [2.75, 3.05) is 19.6 Å². The highest BCUT2D eigenvalue weighted by Crippen LogP contribution is 2.53. The molecule has 2 unspecified atom stereocenters. The lowest BCUT2D eigenvalue weighted by atomic mass is 9.90. The molecule has 2 fully saturated rings. The Kier molecular flexibility index (Phi) is 2.34. The van der Waals surface area contributed by atoms with Crippen molar-refractivity contribution in [1.29, 1.82) is 0 Å². The minimum absolute atomic E-state index is 0.161. The molecule has 1 aliphatic heterocycles. The fourth-order valence-corrected chi connectivity index (χ4v) is 2.49. The van der Waals surface area contributed by atoms with E-state index in [-0.39, 0.29) is 16.7 Å². The van der Waals surface area contributed by atoms with Crippen LogP contribution < -0.4 is 5.73 Å². The smallest absolute Gasteiger partial charge is 0.226 e. The molecule has 1 saturated heterocycles. The van der Waals surface area contributed by atoms with E-state index in [4.69, 9.17) is 5.73 Å². The standard InChI is InChI=1S/C12H22N2O/c1-11(2)6-9(11)10(15)14-5-4-12(3,7-13)8-14/h9H,4-8,13H2,1-3H3. The first-order chi connectivity index (χ1) is 6.88. The molecule has 0 aromatic rings. The number of rotatable bonds is 2. The first kappa shape index (κ1) is 10.9. The summed E-state index contributed by atoms with van der Waals surface area (Å²) in [6, 6.07) is 0. The molecule has 2 atom stereocenters. The zero-order valence-corrected chi connectivity index (χ0v) is 10.0. The van der Waals surface area contributed by atoms with Crippen molar-refractivity contribution < 1.29 is 4.79 Å². The number of hydrogen-bond donors (Lipinski definition) is 1. The minimum Gasteiger partial charge on any atom is -0.342 e. The van der Waals surface area contributed by atoms with Crippen LogP contribution in [0.5, 0.6) is 0 Å². The van der Waals surface area contributed by atoms with Gasteiger partial charge in [0.05, 0.1) is 0 Å². The summed E-state index contributed by atoms with van der Waals surface area (Å²) in [4.78, 5) is 14.1. The van der Waals surface area contributed by atoms with E-state index in [0.717, 1.165) is 25.9 Å². The van der Waals surface area contributed by atoms with Gasteiger partial charge in [-0.1, -0.05) is 20.8 Å². The normalized spacial score (nSPS) is 38.1. The molecule has 3 nitrogen and oxygen atoms in total. The first-order valence-electron chi connectivity index (χ1n) is 5.87. The maximum atomic E-state index is 12.1. The van der Waals surface area contributed by atoms with Gasteiger partial charge in [0.15, 0.2) is 0 Å². The van der Waals surface area contributed by atoms with Crippen LogP contribution in [0.1, 0.15) is 33.6 Å². The van der Waals surface area contributed by atoms with E-state index >= 15 is 0 Å². The summed E-state index contributed by atoms with van der Waals surface area (Å²) < 4.78 is 0. The molecule has 1 saturated carbocycles. The molecule has 3 heteroatoms. The average Bonchev–Trinajstić information content (AvgIpc) is 2.63. The van der Waals surface area contributed by atoms with Gasteiger partial charge in [-0.3, -0.25) is 4.79 Å². The van der Waals surface area contributed by atoms with Gasteiger partial charge in [0, 0.05) is 19.0 Å². The van der Waals surface area contributed by atoms with E-state index in [0.29, 0.717) is 12.5 Å². The van der Waals surface area contributed by atoms with Crippen molar-refractivity contribution in [3.63, 3.8) is 0 Å². The molecule has 0 bridgehead atoms. The fraction of sp³-hybridized carbons (Fsp3) is 0.917. The quantitative estimate of drug-likeness (QED) is 0.745. The van der Waals surface area contributed by atoms with Crippen molar-refractivity contribution in [2.24, 2.45) is 22.5 Å². The number of nitrogens with zero attached hydrogens (tertiary/aromatic N) is 1. The second-order valence-electron chi connectivity index (χ2n) is 6.27. The van der Waals surface area contributed by atoms with Crippen molar-refractivity contribution >= 4 is 5.91 Å². The number of likely N-dealkylation sites (tertiary alicyclic amines) is 1. The van der Waals surface area contributed by atoms with Gasteiger partial charge < -0.3 is 10.6 Å². The fourth-order valence-electron chi connectivity index (χ4n) is 2.49. The summed E-state index contributed by atoms with van der Waals surface area (Å²) in [5.41, 5.74) is 6.15. The monoisotopic (exact) mass is 210 g/mol. The second kappa shape index (κ2) is 3.21. The van der Waals surface area contributed by atoms with Crippen LogP contribution in [-0.4, -0.2) is 30.4 Å². The predicted molar refractivity (Wildman–Crippen MR) is 60.2 cm³/mol. The molecule has 15 heavy (non-hydrogen) atoms. The minimum atomic E-state index is 0.161. The highest BCUT2D eigenvalue weighted by molar-refractivity contribution is 5.82. The van der Waals surface area contributed by atoms with Crippen molar-refractivity contribution in [3.05, 3.63) is 0 Å². The Balaban J connectivity index is 1.95. The topological polar surface area (TPSA) is 46.3 Å². The third-order valence-corrected chi connectivity index (χ3v) is 4.17. The van der Waals surface area contributed by atoms with Crippen LogP contribution in [0.25, 0.3) is 0 Å². The number of carbonyl (C=O) groups excluding carboxylic acids is 1. The van der Waals surface area contributed by atoms with Gasteiger partial charge in [-0.2, -0.15) is 0 Å². The number of amides is 1. The lowest BCUT2D eigenvalue weighted by Gasteiger charge is -2.23. The summed E-state index contributed by atoms with van der Waals surface area (Å²) in [5.74, 6) is 0.634. The van der Waals surface area contributed by atoms with Gasteiger partial charge in [-0.15, -0.1) is 0 Å². The Morgan fingerprint density at radius 1 is 1.47 bits per heavy atom. The van der Waals surface area contributed by atoms with Crippen LogP contribution in [0.3, 0.4) is 0 Å². The van der Waals surface area contributed by atoms with Crippen molar-refractivity contribution in [2.45, 2.75) is 33.6 Å². The van der Waals surface area contributed by atoms with Gasteiger partial charge in [0.1, 0.15) is 0 Å². The van der Waals surface area contributed by atoms with Crippen LogP contribution in [0.4, 0.5) is 0 Å². The zero-order valence-electron chi connectivity index (χ0n) is 10.0. The molecule has 2 aliphatic rings. The summed E-state index contributed by atoms with van der Waals surface area (Å²) in [6.45, 7) is 8.97. The van der Waals surface area contributed by atoms with E-state index in [1.54, 1.807) is 0 Å². The van der Waals surface area contributed by atoms with Gasteiger partial charge >= 0.3 is 0 Å². The zero-order chi connectivity index (χ0) is 11.3. The molecule has 2 N–H and O–H groups in total. The van der Waals surface area contributed by atoms with Crippen molar-refractivity contribution in [1.82, 2.24) is 4.90 Å². The highest BCUT2D eigenvalue weighted by atomic mass is 16.2. The maximum Gasteiger partial charge on any atom is 0.226 e. The van der Waals surface area contributed by atoms with E-state index in [2.05, 4.69) is 20.8 Å². The number of nitrogens with two attached hydrogens (primary N) is 1. The molecule has 0 aromatic carbocycles. The number of carbonyl (C=O) groups is 1. The largest absolute Gasteiger partial charge is 0.342 e. The molecule has 1 aliphatic carbocycles. The van der Waals surface area contributed by atoms with E-state index < -0.39 is 0 Å². The van der Waals surface area contributed by atoms with Gasteiger partial charge in [0.2, 0.25) is 5.91 Å². The van der Waals surface area contributed by atoms with Crippen LogP contribution in [0, 0.1) is 16.7 Å². The Bertz CT molecular complexity index is 287. The molecule has 1 amide bonds. The van der Waals surface area contributed by atoms with Gasteiger partial charge in [-0.25, -0.2) is 0 Å². The SMILES string of the molecule is CC1(CN)CCN(C(=O)C2CC2(C)C)C1. The molecular weight excluding hydrogens is 188 g/mol. The highest BCUT2D eigenvalue weighted by Gasteiger charge is 2.53.